The smallest absolute Gasteiger partial charge is 0.191 e. The Labute approximate surface area is 165 Å². The fourth-order valence-electron chi connectivity index (χ4n) is 3.30. The number of hydrogen-bond acceptors (Lipinski definition) is 2. The maximum atomic E-state index is 13.3. The zero-order chi connectivity index (χ0) is 17.1. The summed E-state index contributed by atoms with van der Waals surface area (Å²) in [5.41, 5.74) is 0.531. The van der Waals surface area contributed by atoms with Gasteiger partial charge in [-0.2, -0.15) is 0 Å². The van der Waals surface area contributed by atoms with E-state index in [-0.39, 0.29) is 30.5 Å². The van der Waals surface area contributed by atoms with E-state index >= 15 is 0 Å². The molecule has 7 heteroatoms. The van der Waals surface area contributed by atoms with Crippen LogP contribution in [0.1, 0.15) is 32.3 Å². The average molecular weight is 464 g/mol. The molecule has 1 aromatic carbocycles. The number of benzene rings is 1. The largest absolute Gasteiger partial charge is 0.357 e. The monoisotopic (exact) mass is 464 g/mol. The van der Waals surface area contributed by atoms with Crippen molar-refractivity contribution in [3.63, 3.8) is 0 Å². The lowest BCUT2D eigenvalue weighted by Crippen LogP contribution is -2.46. The second-order valence-electron chi connectivity index (χ2n) is 6.89. The Hall–Kier alpha value is -0.960. The van der Waals surface area contributed by atoms with Gasteiger partial charge in [-0.3, -0.25) is 4.90 Å². The fourth-order valence-corrected chi connectivity index (χ4v) is 3.30. The molecular weight excluding hydrogens is 437 g/mol. The number of nitrogens with one attached hydrogen (secondary N) is 2. The number of hydrogen-bond donors (Lipinski definition) is 2. The van der Waals surface area contributed by atoms with Crippen molar-refractivity contribution in [3.8, 4) is 0 Å². The van der Waals surface area contributed by atoms with Gasteiger partial charge in [-0.25, -0.2) is 13.8 Å². The van der Waals surface area contributed by atoms with Crippen molar-refractivity contribution in [2.45, 2.75) is 45.3 Å². The Balaban J connectivity index is 0.00000225. The highest BCUT2D eigenvalue weighted by atomic mass is 127. The minimum Gasteiger partial charge on any atom is -0.357 e. The van der Waals surface area contributed by atoms with Crippen molar-refractivity contribution < 1.29 is 8.78 Å². The second kappa shape index (κ2) is 9.12. The molecule has 25 heavy (non-hydrogen) atoms. The molecule has 2 fully saturated rings. The van der Waals surface area contributed by atoms with Crippen LogP contribution >= 0.6 is 24.0 Å². The van der Waals surface area contributed by atoms with Crippen molar-refractivity contribution in [2.75, 3.05) is 19.6 Å². The standard InChI is InChI=1S/C18H26F2N4.HI/c1-3-21-18(22-9-13-6-14(19)8-15(20)7-13)23-17-11-24(10-12(17)2)16-4-5-16;/h6-8,12,16-17H,3-5,9-11H2,1-2H3,(H2,21,22,23);1H. The third kappa shape index (κ3) is 5.77. The maximum Gasteiger partial charge on any atom is 0.191 e. The predicted octanol–water partition coefficient (Wildman–Crippen LogP) is 3.12. The van der Waals surface area contributed by atoms with E-state index in [2.05, 4.69) is 27.4 Å². The Kier molecular flexibility index (Phi) is 7.42. The van der Waals surface area contributed by atoms with Crippen LogP contribution in [-0.4, -0.2) is 42.6 Å². The van der Waals surface area contributed by atoms with Crippen LogP contribution in [0.25, 0.3) is 0 Å². The molecule has 2 aliphatic rings. The molecule has 1 saturated carbocycles. The molecule has 0 bridgehead atoms. The van der Waals surface area contributed by atoms with Crippen LogP contribution in [0.3, 0.4) is 0 Å². The van der Waals surface area contributed by atoms with E-state index in [1.165, 1.54) is 25.0 Å². The molecule has 1 heterocycles. The van der Waals surface area contributed by atoms with Gasteiger partial charge in [-0.05, 0) is 43.4 Å². The van der Waals surface area contributed by atoms with Crippen molar-refractivity contribution in [1.29, 1.82) is 0 Å². The number of nitrogens with zero attached hydrogens (tertiary/aromatic N) is 2. The highest BCUT2D eigenvalue weighted by Crippen LogP contribution is 2.31. The molecule has 1 aromatic rings. The molecule has 2 N–H and O–H groups in total. The van der Waals surface area contributed by atoms with Crippen LogP contribution in [-0.2, 0) is 6.54 Å². The first-order valence-corrected chi connectivity index (χ1v) is 8.79. The molecule has 140 valence electrons. The normalized spacial score (nSPS) is 24.1. The van der Waals surface area contributed by atoms with Crippen molar-refractivity contribution in [1.82, 2.24) is 15.5 Å². The number of aliphatic imine (C=N–C) groups is 1. The summed E-state index contributed by atoms with van der Waals surface area (Å²) in [5.74, 6) is 0.128. The van der Waals surface area contributed by atoms with E-state index in [0.717, 1.165) is 31.7 Å². The SMILES string of the molecule is CCNC(=NCc1cc(F)cc(F)c1)NC1CN(C2CC2)CC1C.I. The van der Waals surface area contributed by atoms with E-state index in [0.29, 0.717) is 23.5 Å². The number of likely N-dealkylation sites (tertiary alicyclic amines) is 1. The summed E-state index contributed by atoms with van der Waals surface area (Å²) in [4.78, 5) is 7.04. The molecule has 0 radical (unpaired) electrons. The Bertz CT molecular complexity index is 586. The molecule has 4 nitrogen and oxygen atoms in total. The van der Waals surface area contributed by atoms with Crippen LogP contribution in [0, 0.1) is 17.6 Å². The van der Waals surface area contributed by atoms with Gasteiger partial charge in [0.2, 0.25) is 0 Å². The first-order chi connectivity index (χ1) is 11.5. The first-order valence-electron chi connectivity index (χ1n) is 8.79. The molecule has 0 spiro atoms. The quantitative estimate of drug-likeness (QED) is 0.400. The zero-order valence-electron chi connectivity index (χ0n) is 14.8. The third-order valence-corrected chi connectivity index (χ3v) is 4.71. The summed E-state index contributed by atoms with van der Waals surface area (Å²) < 4.78 is 26.6. The van der Waals surface area contributed by atoms with Crippen molar-refractivity contribution in [2.24, 2.45) is 10.9 Å². The van der Waals surface area contributed by atoms with Gasteiger partial charge in [0.15, 0.2) is 5.96 Å². The Morgan fingerprint density at radius 2 is 1.88 bits per heavy atom. The minimum absolute atomic E-state index is 0. The maximum absolute atomic E-state index is 13.3. The summed E-state index contributed by atoms with van der Waals surface area (Å²) in [6.45, 7) is 7.41. The lowest BCUT2D eigenvalue weighted by atomic mass is 10.1. The lowest BCUT2D eigenvalue weighted by Gasteiger charge is -2.20. The molecule has 2 atom stereocenters. The summed E-state index contributed by atoms with van der Waals surface area (Å²) >= 11 is 0. The van der Waals surface area contributed by atoms with Gasteiger partial charge in [-0.15, -0.1) is 24.0 Å². The Morgan fingerprint density at radius 3 is 2.48 bits per heavy atom. The van der Waals surface area contributed by atoms with Gasteiger partial charge in [-0.1, -0.05) is 6.92 Å². The van der Waals surface area contributed by atoms with E-state index < -0.39 is 11.6 Å². The topological polar surface area (TPSA) is 39.7 Å². The van der Waals surface area contributed by atoms with E-state index in [1.54, 1.807) is 0 Å². The van der Waals surface area contributed by atoms with E-state index in [1.807, 2.05) is 6.92 Å². The van der Waals surface area contributed by atoms with Gasteiger partial charge in [0, 0.05) is 37.8 Å². The van der Waals surface area contributed by atoms with Gasteiger partial charge in [0.05, 0.1) is 6.54 Å². The highest BCUT2D eigenvalue weighted by molar-refractivity contribution is 14.0. The first kappa shape index (κ1) is 20.4. The number of guanidine groups is 1. The molecule has 1 saturated heterocycles. The number of rotatable bonds is 5. The molecular formula is C18H27F2IN4. The van der Waals surface area contributed by atoms with Gasteiger partial charge >= 0.3 is 0 Å². The van der Waals surface area contributed by atoms with Crippen LogP contribution in [0.15, 0.2) is 23.2 Å². The van der Waals surface area contributed by atoms with E-state index in [4.69, 9.17) is 0 Å². The molecule has 2 unspecified atom stereocenters. The number of halogens is 3. The predicted molar refractivity (Wildman–Crippen MR) is 107 cm³/mol. The van der Waals surface area contributed by atoms with Crippen molar-refractivity contribution in [3.05, 3.63) is 35.4 Å². The van der Waals surface area contributed by atoms with Crippen LogP contribution in [0.5, 0.6) is 0 Å². The minimum atomic E-state index is -0.567. The molecule has 1 aliphatic heterocycles. The van der Waals surface area contributed by atoms with Gasteiger partial charge < -0.3 is 10.6 Å². The van der Waals surface area contributed by atoms with Gasteiger partial charge in [0.1, 0.15) is 11.6 Å². The van der Waals surface area contributed by atoms with Crippen LogP contribution in [0.2, 0.25) is 0 Å². The summed E-state index contributed by atoms with van der Waals surface area (Å²) in [7, 11) is 0. The third-order valence-electron chi connectivity index (χ3n) is 4.71. The fraction of sp³-hybridized carbons (Fsp3) is 0.611. The lowest BCUT2D eigenvalue weighted by molar-refractivity contribution is 0.315. The van der Waals surface area contributed by atoms with Crippen molar-refractivity contribution >= 4 is 29.9 Å². The van der Waals surface area contributed by atoms with Crippen LogP contribution < -0.4 is 10.6 Å². The molecule has 0 amide bonds. The summed E-state index contributed by atoms with van der Waals surface area (Å²) in [6, 6.07) is 4.65. The zero-order valence-corrected chi connectivity index (χ0v) is 17.1. The second-order valence-corrected chi connectivity index (χ2v) is 6.89. The molecule has 1 aliphatic carbocycles. The highest BCUT2D eigenvalue weighted by Gasteiger charge is 2.38. The van der Waals surface area contributed by atoms with Gasteiger partial charge in [0.25, 0.3) is 0 Å². The Morgan fingerprint density at radius 1 is 1.20 bits per heavy atom. The molecule has 3 rings (SSSR count). The molecule has 0 aromatic heterocycles. The van der Waals surface area contributed by atoms with E-state index in [9.17, 15) is 8.78 Å². The summed E-state index contributed by atoms with van der Waals surface area (Å²) in [6.07, 6.45) is 2.64. The van der Waals surface area contributed by atoms with Crippen LogP contribution in [0.4, 0.5) is 8.78 Å². The summed E-state index contributed by atoms with van der Waals surface area (Å²) in [5, 5.41) is 6.71. The average Bonchev–Trinajstić information content (AvgIpc) is 3.29.